The van der Waals surface area contributed by atoms with Crippen LogP contribution >= 0.6 is 0 Å². The van der Waals surface area contributed by atoms with Crippen molar-refractivity contribution in [2.24, 2.45) is 5.16 Å². The van der Waals surface area contributed by atoms with Crippen molar-refractivity contribution in [1.29, 1.82) is 5.26 Å². The van der Waals surface area contributed by atoms with Gasteiger partial charge in [-0.05, 0) is 50.6 Å². The summed E-state index contributed by atoms with van der Waals surface area (Å²) in [6.45, 7) is 5.36. The number of aryl methyl sites for hydroxylation is 2. The molecule has 0 aliphatic carbocycles. The van der Waals surface area contributed by atoms with E-state index in [0.29, 0.717) is 16.9 Å². The first-order valence-electron chi connectivity index (χ1n) is 8.27. The van der Waals surface area contributed by atoms with E-state index in [1.165, 1.54) is 6.92 Å². The van der Waals surface area contributed by atoms with Crippen LogP contribution in [0.25, 0.3) is 0 Å². The standard InChI is InChI=1S/C20H20N4O3/c1-13-7-8-18(14(2)9-13)24-19(25)12-22-27-15(3)20(26)23-17-6-4-5-16(10-17)11-21/h4-10,12,15H,1-3H3,(H,23,26)(H,24,25)/b22-12-/t15-/m1/s1. The van der Waals surface area contributed by atoms with Gasteiger partial charge in [0.25, 0.3) is 11.8 Å². The van der Waals surface area contributed by atoms with Gasteiger partial charge in [0, 0.05) is 11.4 Å². The number of benzene rings is 2. The summed E-state index contributed by atoms with van der Waals surface area (Å²) in [6.07, 6.45) is 0.0558. The second-order valence-corrected chi connectivity index (χ2v) is 5.97. The van der Waals surface area contributed by atoms with Crippen molar-refractivity contribution in [3.8, 4) is 6.07 Å². The van der Waals surface area contributed by atoms with Gasteiger partial charge in [0.15, 0.2) is 0 Å². The lowest BCUT2D eigenvalue weighted by molar-refractivity contribution is -0.126. The minimum atomic E-state index is -0.916. The number of nitriles is 1. The predicted octanol–water partition coefficient (Wildman–Crippen LogP) is 3.14. The van der Waals surface area contributed by atoms with Gasteiger partial charge in [-0.25, -0.2) is 0 Å². The fourth-order valence-electron chi connectivity index (χ4n) is 2.25. The van der Waals surface area contributed by atoms with Gasteiger partial charge in [0.1, 0.15) is 6.21 Å². The van der Waals surface area contributed by atoms with Crippen LogP contribution in [0.5, 0.6) is 0 Å². The zero-order chi connectivity index (χ0) is 19.8. The molecule has 1 atom stereocenters. The molecular formula is C20H20N4O3. The number of amides is 2. The lowest BCUT2D eigenvalue weighted by atomic mass is 10.1. The van der Waals surface area contributed by atoms with Gasteiger partial charge in [-0.15, -0.1) is 0 Å². The topological polar surface area (TPSA) is 104 Å². The molecule has 0 spiro atoms. The summed E-state index contributed by atoms with van der Waals surface area (Å²) in [7, 11) is 0. The average Bonchev–Trinajstić information content (AvgIpc) is 2.64. The molecule has 0 aromatic heterocycles. The third-order valence-corrected chi connectivity index (χ3v) is 3.66. The summed E-state index contributed by atoms with van der Waals surface area (Å²) in [4.78, 5) is 29.0. The Morgan fingerprint density at radius 2 is 1.96 bits per heavy atom. The summed E-state index contributed by atoms with van der Waals surface area (Å²) in [5, 5.41) is 17.7. The number of rotatable bonds is 6. The fraction of sp³-hybridized carbons (Fsp3) is 0.200. The highest BCUT2D eigenvalue weighted by atomic mass is 16.6. The molecular weight excluding hydrogens is 344 g/mol. The third-order valence-electron chi connectivity index (χ3n) is 3.66. The first-order valence-corrected chi connectivity index (χ1v) is 8.27. The van der Waals surface area contributed by atoms with E-state index in [1.54, 1.807) is 24.3 Å². The van der Waals surface area contributed by atoms with Crippen LogP contribution in [-0.4, -0.2) is 24.1 Å². The fourth-order valence-corrected chi connectivity index (χ4v) is 2.25. The molecule has 0 saturated carbocycles. The Kier molecular flexibility index (Phi) is 6.67. The summed E-state index contributed by atoms with van der Waals surface area (Å²) in [5.41, 5.74) is 3.63. The normalized spacial score (nSPS) is 11.5. The van der Waals surface area contributed by atoms with E-state index in [9.17, 15) is 9.59 Å². The summed E-state index contributed by atoms with van der Waals surface area (Å²) < 4.78 is 0. The Hall–Kier alpha value is -3.66. The summed E-state index contributed by atoms with van der Waals surface area (Å²) in [6, 6.07) is 14.2. The Morgan fingerprint density at radius 3 is 2.67 bits per heavy atom. The SMILES string of the molecule is Cc1ccc(NC(=O)/C=N\O[C@H](C)C(=O)Nc2cccc(C#N)c2)c(C)c1. The van der Waals surface area contributed by atoms with E-state index in [4.69, 9.17) is 10.1 Å². The molecule has 2 N–H and O–H groups in total. The van der Waals surface area contributed by atoms with Crippen molar-refractivity contribution in [3.05, 3.63) is 59.2 Å². The highest BCUT2D eigenvalue weighted by Crippen LogP contribution is 2.15. The van der Waals surface area contributed by atoms with Crippen molar-refractivity contribution in [1.82, 2.24) is 0 Å². The van der Waals surface area contributed by atoms with Crippen molar-refractivity contribution in [3.63, 3.8) is 0 Å². The first kappa shape index (κ1) is 19.7. The molecule has 0 heterocycles. The Morgan fingerprint density at radius 1 is 1.19 bits per heavy atom. The van der Waals surface area contributed by atoms with Crippen LogP contribution in [0.4, 0.5) is 11.4 Å². The number of carbonyl (C=O) groups is 2. The molecule has 0 saturated heterocycles. The van der Waals surface area contributed by atoms with Gasteiger partial charge < -0.3 is 15.5 Å². The molecule has 138 valence electrons. The summed E-state index contributed by atoms with van der Waals surface area (Å²) >= 11 is 0. The largest absolute Gasteiger partial charge is 0.383 e. The molecule has 0 radical (unpaired) electrons. The van der Waals surface area contributed by atoms with Crippen molar-refractivity contribution < 1.29 is 14.4 Å². The van der Waals surface area contributed by atoms with Crippen LogP contribution < -0.4 is 10.6 Å². The molecule has 0 bridgehead atoms. The molecule has 7 nitrogen and oxygen atoms in total. The zero-order valence-electron chi connectivity index (χ0n) is 15.3. The maximum Gasteiger partial charge on any atom is 0.270 e. The quantitative estimate of drug-likeness (QED) is 0.607. The molecule has 2 rings (SSSR count). The van der Waals surface area contributed by atoms with Gasteiger partial charge >= 0.3 is 0 Å². The van der Waals surface area contributed by atoms with Crippen LogP contribution in [0.1, 0.15) is 23.6 Å². The van der Waals surface area contributed by atoms with E-state index in [0.717, 1.165) is 17.3 Å². The average molecular weight is 364 g/mol. The molecule has 2 amide bonds. The summed E-state index contributed by atoms with van der Waals surface area (Å²) in [5.74, 6) is -0.909. The second-order valence-electron chi connectivity index (χ2n) is 5.97. The highest BCUT2D eigenvalue weighted by molar-refractivity contribution is 6.31. The molecule has 0 unspecified atom stereocenters. The van der Waals surface area contributed by atoms with E-state index in [1.807, 2.05) is 38.1 Å². The zero-order valence-corrected chi connectivity index (χ0v) is 15.3. The monoisotopic (exact) mass is 364 g/mol. The number of hydrogen-bond acceptors (Lipinski definition) is 5. The molecule has 0 aliphatic heterocycles. The van der Waals surface area contributed by atoms with E-state index < -0.39 is 17.9 Å². The Balaban J connectivity index is 1.86. The van der Waals surface area contributed by atoms with Crippen molar-refractivity contribution in [2.75, 3.05) is 10.6 Å². The van der Waals surface area contributed by atoms with Crippen LogP contribution in [0.3, 0.4) is 0 Å². The number of anilines is 2. The number of oxime groups is 1. The van der Waals surface area contributed by atoms with Crippen molar-refractivity contribution in [2.45, 2.75) is 26.9 Å². The van der Waals surface area contributed by atoms with E-state index in [-0.39, 0.29) is 0 Å². The highest BCUT2D eigenvalue weighted by Gasteiger charge is 2.14. The van der Waals surface area contributed by atoms with Crippen LogP contribution in [0.2, 0.25) is 0 Å². The predicted molar refractivity (Wildman–Crippen MR) is 103 cm³/mol. The molecule has 0 fully saturated rings. The van der Waals surface area contributed by atoms with Gasteiger partial charge in [0.2, 0.25) is 6.10 Å². The van der Waals surface area contributed by atoms with Gasteiger partial charge in [-0.3, -0.25) is 9.59 Å². The van der Waals surface area contributed by atoms with Gasteiger partial charge in [0.05, 0.1) is 11.6 Å². The maximum atomic E-state index is 12.1. The Labute approximate surface area is 157 Å². The van der Waals surface area contributed by atoms with E-state index >= 15 is 0 Å². The molecule has 27 heavy (non-hydrogen) atoms. The first-order chi connectivity index (χ1) is 12.9. The Bertz CT molecular complexity index is 916. The lowest BCUT2D eigenvalue weighted by Crippen LogP contribution is -2.26. The minimum Gasteiger partial charge on any atom is -0.383 e. The maximum absolute atomic E-state index is 12.1. The molecule has 0 aliphatic rings. The number of nitrogens with one attached hydrogen (secondary N) is 2. The number of nitrogens with zero attached hydrogens (tertiary/aromatic N) is 2. The van der Waals surface area contributed by atoms with Crippen LogP contribution in [-0.2, 0) is 14.4 Å². The van der Waals surface area contributed by atoms with Gasteiger partial charge in [-0.2, -0.15) is 5.26 Å². The van der Waals surface area contributed by atoms with Gasteiger partial charge in [-0.1, -0.05) is 28.9 Å². The van der Waals surface area contributed by atoms with Crippen LogP contribution in [0.15, 0.2) is 47.6 Å². The third kappa shape index (κ3) is 5.97. The number of hydrogen-bond donors (Lipinski definition) is 2. The number of carbonyl (C=O) groups excluding carboxylic acids is 2. The minimum absolute atomic E-state index is 0.433. The molecule has 2 aromatic rings. The molecule has 7 heteroatoms. The van der Waals surface area contributed by atoms with Crippen molar-refractivity contribution >= 4 is 29.4 Å². The lowest BCUT2D eigenvalue weighted by Gasteiger charge is -2.10. The van der Waals surface area contributed by atoms with E-state index in [2.05, 4.69) is 15.8 Å². The molecule has 2 aromatic carbocycles. The smallest absolute Gasteiger partial charge is 0.270 e. The second kappa shape index (κ2) is 9.15. The van der Waals surface area contributed by atoms with Crippen LogP contribution in [0, 0.1) is 25.2 Å².